The van der Waals surface area contributed by atoms with Crippen LogP contribution in [0.1, 0.15) is 65.1 Å². The molecule has 3 N–H and O–H groups in total. The number of methoxy groups -OCH3 is 1. The standard InChI is InChI=1S/C29H31N3O5/c1-16-5-7-17(8-6-16)25-26-21(28(2,30)15-37-26)14-24(32-25)29(3,35)10-9-23(34)22-12-18-11-19(33)13-20(18)27(31-22)36-4/h5-8,12,14,35H,9-11,13,15,30H2,1-4H3. The molecule has 3 heterocycles. The fourth-order valence-electron chi connectivity index (χ4n) is 4.93. The number of aliphatic hydroxyl groups is 1. The number of pyridine rings is 2. The van der Waals surface area contributed by atoms with Crippen molar-refractivity contribution in [1.82, 2.24) is 9.97 Å². The molecule has 8 heteroatoms. The molecule has 5 rings (SSSR count). The number of carbonyl (C=O) groups is 2. The van der Waals surface area contributed by atoms with Crippen LogP contribution in [0.2, 0.25) is 0 Å². The number of benzene rings is 1. The van der Waals surface area contributed by atoms with Crippen molar-refractivity contribution in [3.8, 4) is 22.9 Å². The number of carbonyl (C=O) groups excluding carboxylic acids is 2. The Morgan fingerprint density at radius 1 is 1.22 bits per heavy atom. The molecule has 0 saturated heterocycles. The lowest BCUT2D eigenvalue weighted by Crippen LogP contribution is -2.35. The molecule has 2 unspecified atom stereocenters. The molecule has 192 valence electrons. The largest absolute Gasteiger partial charge is 0.489 e. The Morgan fingerprint density at radius 3 is 2.65 bits per heavy atom. The van der Waals surface area contributed by atoms with Crippen LogP contribution in [0, 0.1) is 6.92 Å². The van der Waals surface area contributed by atoms with E-state index < -0.39 is 11.1 Å². The lowest BCUT2D eigenvalue weighted by Gasteiger charge is -2.25. The topological polar surface area (TPSA) is 125 Å². The summed E-state index contributed by atoms with van der Waals surface area (Å²) in [4.78, 5) is 34.2. The van der Waals surface area contributed by atoms with Crippen LogP contribution in [-0.4, -0.2) is 40.4 Å². The number of hydrogen-bond acceptors (Lipinski definition) is 8. The molecule has 0 bridgehead atoms. The van der Waals surface area contributed by atoms with E-state index in [-0.39, 0.29) is 42.9 Å². The predicted octanol–water partition coefficient (Wildman–Crippen LogP) is 3.57. The molecule has 1 aromatic carbocycles. The molecular formula is C29H31N3O5. The third kappa shape index (κ3) is 4.63. The van der Waals surface area contributed by atoms with E-state index in [0.717, 1.165) is 27.8 Å². The summed E-state index contributed by atoms with van der Waals surface area (Å²) in [6.07, 6.45) is 0.691. The van der Waals surface area contributed by atoms with Crippen LogP contribution in [0.5, 0.6) is 11.6 Å². The molecule has 2 aliphatic rings. The molecule has 0 fully saturated rings. The second kappa shape index (κ2) is 9.04. The van der Waals surface area contributed by atoms with Crippen molar-refractivity contribution in [1.29, 1.82) is 0 Å². The number of aryl methyl sites for hydroxylation is 1. The van der Waals surface area contributed by atoms with Crippen LogP contribution < -0.4 is 15.2 Å². The number of aromatic nitrogens is 2. The summed E-state index contributed by atoms with van der Waals surface area (Å²) in [5, 5.41) is 11.5. The van der Waals surface area contributed by atoms with E-state index in [4.69, 9.17) is 20.2 Å². The molecule has 0 amide bonds. The van der Waals surface area contributed by atoms with Gasteiger partial charge in [0.1, 0.15) is 29.4 Å². The summed E-state index contributed by atoms with van der Waals surface area (Å²) in [6, 6.07) is 11.4. The van der Waals surface area contributed by atoms with Gasteiger partial charge in [-0.2, -0.15) is 0 Å². The highest BCUT2D eigenvalue weighted by molar-refractivity contribution is 5.96. The van der Waals surface area contributed by atoms with Crippen molar-refractivity contribution in [2.75, 3.05) is 13.7 Å². The number of ketones is 2. The first-order valence-electron chi connectivity index (χ1n) is 12.4. The number of ether oxygens (including phenoxy) is 2. The van der Waals surface area contributed by atoms with Gasteiger partial charge in [-0.1, -0.05) is 29.8 Å². The van der Waals surface area contributed by atoms with E-state index in [2.05, 4.69) is 4.98 Å². The molecule has 3 aromatic rings. The zero-order valence-corrected chi connectivity index (χ0v) is 21.6. The first kappa shape index (κ1) is 25.0. The molecule has 0 spiro atoms. The third-order valence-electron chi connectivity index (χ3n) is 7.24. The minimum atomic E-state index is -1.42. The van der Waals surface area contributed by atoms with E-state index in [1.807, 2.05) is 38.1 Å². The van der Waals surface area contributed by atoms with Gasteiger partial charge in [-0.15, -0.1) is 0 Å². The van der Waals surface area contributed by atoms with Crippen LogP contribution >= 0.6 is 0 Å². The zero-order chi connectivity index (χ0) is 26.5. The van der Waals surface area contributed by atoms with Gasteiger partial charge < -0.3 is 20.3 Å². The summed E-state index contributed by atoms with van der Waals surface area (Å²) < 4.78 is 11.3. The van der Waals surface area contributed by atoms with Gasteiger partial charge in [0.25, 0.3) is 0 Å². The molecule has 1 aliphatic carbocycles. The molecule has 37 heavy (non-hydrogen) atoms. The second-order valence-corrected chi connectivity index (χ2v) is 10.5. The average Bonchev–Trinajstić information content (AvgIpc) is 3.40. The maximum absolute atomic E-state index is 13.1. The first-order chi connectivity index (χ1) is 17.5. The number of nitrogens with two attached hydrogens (primary N) is 1. The van der Waals surface area contributed by atoms with Crippen molar-refractivity contribution in [2.24, 2.45) is 5.73 Å². The van der Waals surface area contributed by atoms with Gasteiger partial charge in [0.2, 0.25) is 5.88 Å². The van der Waals surface area contributed by atoms with E-state index >= 15 is 0 Å². The predicted molar refractivity (Wildman–Crippen MR) is 138 cm³/mol. The van der Waals surface area contributed by atoms with Gasteiger partial charge in [-0.3, -0.25) is 9.59 Å². The van der Waals surface area contributed by atoms with Crippen molar-refractivity contribution in [3.05, 3.63) is 70.0 Å². The Labute approximate surface area is 215 Å². The average molecular weight is 502 g/mol. The molecule has 1 aliphatic heterocycles. The number of rotatable bonds is 7. The smallest absolute Gasteiger partial charge is 0.217 e. The maximum atomic E-state index is 13.1. The number of nitrogens with zero attached hydrogens (tertiary/aromatic N) is 2. The van der Waals surface area contributed by atoms with E-state index in [9.17, 15) is 14.7 Å². The highest BCUT2D eigenvalue weighted by atomic mass is 16.5. The number of hydrogen-bond donors (Lipinski definition) is 2. The Bertz CT molecular complexity index is 1410. The van der Waals surface area contributed by atoms with E-state index in [1.165, 1.54) is 7.11 Å². The molecule has 2 atom stereocenters. The van der Waals surface area contributed by atoms with E-state index in [0.29, 0.717) is 29.6 Å². The van der Waals surface area contributed by atoms with Crippen LogP contribution in [0.25, 0.3) is 11.3 Å². The van der Waals surface area contributed by atoms with Crippen LogP contribution in [-0.2, 0) is 28.8 Å². The fourth-order valence-corrected chi connectivity index (χ4v) is 4.93. The van der Waals surface area contributed by atoms with Crippen molar-refractivity contribution in [3.63, 3.8) is 0 Å². The van der Waals surface area contributed by atoms with Gasteiger partial charge >= 0.3 is 0 Å². The van der Waals surface area contributed by atoms with Crippen LogP contribution in [0.3, 0.4) is 0 Å². The summed E-state index contributed by atoms with van der Waals surface area (Å²) in [6.45, 7) is 5.85. The molecule has 0 saturated carbocycles. The Hall–Kier alpha value is -3.62. The fraction of sp³-hybridized carbons (Fsp3) is 0.379. The van der Waals surface area contributed by atoms with Gasteiger partial charge in [-0.05, 0) is 44.9 Å². The van der Waals surface area contributed by atoms with Crippen LogP contribution in [0.15, 0.2) is 36.4 Å². The van der Waals surface area contributed by atoms with Crippen molar-refractivity contribution < 1.29 is 24.2 Å². The number of Topliss-reactive ketones (excluding diaryl/α,β-unsaturated/α-hetero) is 2. The molecule has 0 radical (unpaired) electrons. The molecule has 8 nitrogen and oxygen atoms in total. The van der Waals surface area contributed by atoms with Crippen molar-refractivity contribution in [2.45, 2.75) is 57.6 Å². The van der Waals surface area contributed by atoms with Gasteiger partial charge in [-0.25, -0.2) is 9.97 Å². The zero-order valence-electron chi connectivity index (χ0n) is 21.6. The minimum absolute atomic E-state index is 0.0326. The summed E-state index contributed by atoms with van der Waals surface area (Å²) in [5.74, 6) is 0.760. The monoisotopic (exact) mass is 501 g/mol. The van der Waals surface area contributed by atoms with Gasteiger partial charge in [0.05, 0.1) is 18.3 Å². The molecular weight excluding hydrogens is 470 g/mol. The summed E-state index contributed by atoms with van der Waals surface area (Å²) in [7, 11) is 1.48. The lowest BCUT2D eigenvalue weighted by atomic mass is 9.88. The number of fused-ring (bicyclic) bond motifs is 2. The Balaban J connectivity index is 1.44. The van der Waals surface area contributed by atoms with E-state index in [1.54, 1.807) is 19.1 Å². The summed E-state index contributed by atoms with van der Waals surface area (Å²) >= 11 is 0. The quantitative estimate of drug-likeness (QED) is 0.471. The SMILES string of the molecule is COc1nc(C(=O)CCC(C)(O)c2cc3c(c(-c4ccc(C)cc4)n2)OCC3(C)N)cc2c1CC(=O)C2. The highest BCUT2D eigenvalue weighted by Crippen LogP contribution is 2.44. The van der Waals surface area contributed by atoms with Crippen molar-refractivity contribution >= 4 is 11.6 Å². The first-order valence-corrected chi connectivity index (χ1v) is 12.4. The normalized spacial score (nSPS) is 19.7. The lowest BCUT2D eigenvalue weighted by molar-refractivity contribution is -0.117. The van der Waals surface area contributed by atoms with Gasteiger partial charge in [0, 0.05) is 36.0 Å². The Morgan fingerprint density at radius 2 is 1.95 bits per heavy atom. The molecule has 2 aromatic heterocycles. The third-order valence-corrected chi connectivity index (χ3v) is 7.24. The highest BCUT2D eigenvalue weighted by Gasteiger charge is 2.38. The second-order valence-electron chi connectivity index (χ2n) is 10.5. The minimum Gasteiger partial charge on any atom is -0.489 e. The Kier molecular flexibility index (Phi) is 6.12. The maximum Gasteiger partial charge on any atom is 0.217 e. The van der Waals surface area contributed by atoms with Gasteiger partial charge in [0.15, 0.2) is 11.5 Å². The summed E-state index contributed by atoms with van der Waals surface area (Å²) in [5.41, 5.74) is 9.90. The van der Waals surface area contributed by atoms with Crippen LogP contribution in [0.4, 0.5) is 0 Å².